The maximum atomic E-state index is 5.57. The van der Waals surface area contributed by atoms with Crippen LogP contribution in [0.15, 0.2) is 29.3 Å². The lowest BCUT2D eigenvalue weighted by atomic mass is 10.0. The summed E-state index contributed by atoms with van der Waals surface area (Å²) >= 11 is 0. The first-order valence-electron chi connectivity index (χ1n) is 11.5. The average molecular weight is 418 g/mol. The molecule has 2 aliphatic rings. The number of morpholine rings is 2. The van der Waals surface area contributed by atoms with E-state index >= 15 is 0 Å². The normalized spacial score (nSPS) is 20.1. The summed E-state index contributed by atoms with van der Waals surface area (Å²) in [5.74, 6) is 0.907. The minimum atomic E-state index is 0.276. The molecule has 0 spiro atoms. The van der Waals surface area contributed by atoms with Gasteiger partial charge in [-0.05, 0) is 32.4 Å². The molecule has 2 saturated heterocycles. The molecule has 0 amide bonds. The van der Waals surface area contributed by atoms with Gasteiger partial charge in [-0.25, -0.2) is 0 Å². The van der Waals surface area contributed by atoms with E-state index in [9.17, 15) is 0 Å². The van der Waals surface area contributed by atoms with Gasteiger partial charge in [0.2, 0.25) is 0 Å². The molecule has 0 aliphatic carbocycles. The second kappa shape index (κ2) is 12.9. The molecule has 1 unspecified atom stereocenters. The van der Waals surface area contributed by atoms with Crippen LogP contribution in [0.4, 0.5) is 0 Å². The second-order valence-electron chi connectivity index (χ2n) is 8.03. The number of nitrogens with one attached hydrogen (secondary N) is 2. The second-order valence-corrected chi connectivity index (χ2v) is 8.03. The predicted molar refractivity (Wildman–Crippen MR) is 122 cm³/mol. The van der Waals surface area contributed by atoms with Gasteiger partial charge in [-0.2, -0.15) is 0 Å². The van der Waals surface area contributed by atoms with Crippen molar-refractivity contribution in [1.29, 1.82) is 0 Å². The van der Waals surface area contributed by atoms with Crippen molar-refractivity contribution < 1.29 is 9.47 Å². The third-order valence-electron chi connectivity index (χ3n) is 5.76. The van der Waals surface area contributed by atoms with E-state index in [1.54, 1.807) is 0 Å². The molecule has 168 valence electrons. The minimum Gasteiger partial charge on any atom is -0.379 e. The lowest BCUT2D eigenvalue weighted by Gasteiger charge is -2.34. The highest BCUT2D eigenvalue weighted by molar-refractivity contribution is 5.79. The Morgan fingerprint density at radius 1 is 1.00 bits per heavy atom. The Morgan fingerprint density at radius 3 is 2.33 bits per heavy atom. The van der Waals surface area contributed by atoms with E-state index in [1.807, 2.05) is 0 Å². The van der Waals surface area contributed by atoms with Crippen LogP contribution >= 0.6 is 0 Å². The van der Waals surface area contributed by atoms with Crippen LogP contribution in [0.3, 0.4) is 0 Å². The molecule has 2 aliphatic heterocycles. The first kappa shape index (κ1) is 23.0. The van der Waals surface area contributed by atoms with Crippen molar-refractivity contribution in [2.45, 2.75) is 26.3 Å². The van der Waals surface area contributed by atoms with Gasteiger partial charge in [0.15, 0.2) is 5.96 Å². The van der Waals surface area contributed by atoms with Gasteiger partial charge in [0.05, 0.1) is 39.0 Å². The number of benzene rings is 1. The molecule has 1 atom stereocenters. The summed E-state index contributed by atoms with van der Waals surface area (Å²) in [6.07, 6.45) is 1.11. The lowest BCUT2D eigenvalue weighted by Crippen LogP contribution is -2.42. The van der Waals surface area contributed by atoms with E-state index in [0.717, 1.165) is 91.2 Å². The van der Waals surface area contributed by atoms with E-state index in [1.165, 1.54) is 11.1 Å². The quantitative estimate of drug-likeness (QED) is 0.362. The zero-order valence-electron chi connectivity index (χ0n) is 18.7. The Labute approximate surface area is 181 Å². The maximum absolute atomic E-state index is 5.57. The van der Waals surface area contributed by atoms with Crippen molar-refractivity contribution in [1.82, 2.24) is 20.4 Å². The van der Waals surface area contributed by atoms with Crippen molar-refractivity contribution >= 4 is 5.96 Å². The molecular formula is C23H39N5O2. The highest BCUT2D eigenvalue weighted by atomic mass is 16.5. The Kier molecular flexibility index (Phi) is 9.89. The van der Waals surface area contributed by atoms with Gasteiger partial charge < -0.3 is 20.1 Å². The van der Waals surface area contributed by atoms with Crippen molar-refractivity contribution in [2.75, 3.05) is 78.8 Å². The molecule has 0 saturated carbocycles. The largest absolute Gasteiger partial charge is 0.379 e. The standard InChI is InChI=1S/C23H39N5O2/c1-3-24-23(25-9-4-10-27-11-15-29-16-12-27)26-19-22(28-13-17-30-18-14-28)21-7-5-20(2)6-8-21/h5-8,22H,3-4,9-19H2,1-2H3,(H2,24,25,26). The summed E-state index contributed by atoms with van der Waals surface area (Å²) in [6.45, 7) is 15.2. The molecule has 3 rings (SSSR count). The summed E-state index contributed by atoms with van der Waals surface area (Å²) in [5, 5.41) is 6.92. The van der Waals surface area contributed by atoms with Crippen molar-refractivity contribution in [3.8, 4) is 0 Å². The molecule has 0 bridgehead atoms. The van der Waals surface area contributed by atoms with Crippen LogP contribution in [0.25, 0.3) is 0 Å². The van der Waals surface area contributed by atoms with E-state index < -0.39 is 0 Å². The topological polar surface area (TPSA) is 61.4 Å². The van der Waals surface area contributed by atoms with Gasteiger partial charge in [0.1, 0.15) is 0 Å². The number of hydrogen-bond donors (Lipinski definition) is 2. The Morgan fingerprint density at radius 2 is 1.67 bits per heavy atom. The monoisotopic (exact) mass is 417 g/mol. The number of guanidine groups is 1. The summed E-state index contributed by atoms with van der Waals surface area (Å²) in [4.78, 5) is 9.92. The molecule has 2 N–H and O–H groups in total. The summed E-state index contributed by atoms with van der Waals surface area (Å²) in [5.41, 5.74) is 2.62. The first-order valence-corrected chi connectivity index (χ1v) is 11.5. The third kappa shape index (κ3) is 7.54. The zero-order valence-corrected chi connectivity index (χ0v) is 18.7. The summed E-state index contributed by atoms with van der Waals surface area (Å²) in [6, 6.07) is 9.16. The van der Waals surface area contributed by atoms with E-state index in [4.69, 9.17) is 14.5 Å². The van der Waals surface area contributed by atoms with Crippen LogP contribution in [-0.2, 0) is 9.47 Å². The van der Waals surface area contributed by atoms with Crippen LogP contribution in [0, 0.1) is 6.92 Å². The smallest absolute Gasteiger partial charge is 0.191 e. The summed E-state index contributed by atoms with van der Waals surface area (Å²) in [7, 11) is 0. The number of hydrogen-bond acceptors (Lipinski definition) is 5. The van der Waals surface area contributed by atoms with Crippen LogP contribution in [0.2, 0.25) is 0 Å². The molecule has 30 heavy (non-hydrogen) atoms. The number of rotatable bonds is 9. The summed E-state index contributed by atoms with van der Waals surface area (Å²) < 4.78 is 11.0. The number of aliphatic imine (C=N–C) groups is 1. The highest BCUT2D eigenvalue weighted by Gasteiger charge is 2.22. The van der Waals surface area contributed by atoms with E-state index in [2.05, 4.69) is 58.5 Å². The first-order chi connectivity index (χ1) is 14.8. The number of ether oxygens (including phenoxy) is 2. The van der Waals surface area contributed by atoms with Crippen molar-refractivity contribution in [3.05, 3.63) is 35.4 Å². The number of aryl methyl sites for hydroxylation is 1. The molecular weight excluding hydrogens is 378 g/mol. The van der Waals surface area contributed by atoms with Gasteiger partial charge in [-0.3, -0.25) is 14.8 Å². The van der Waals surface area contributed by atoms with Crippen LogP contribution in [0.5, 0.6) is 0 Å². The fraction of sp³-hybridized carbons (Fsp3) is 0.696. The van der Waals surface area contributed by atoms with E-state index in [-0.39, 0.29) is 6.04 Å². The van der Waals surface area contributed by atoms with Crippen molar-refractivity contribution in [3.63, 3.8) is 0 Å². The zero-order chi connectivity index (χ0) is 21.0. The van der Waals surface area contributed by atoms with Gasteiger partial charge in [-0.15, -0.1) is 0 Å². The molecule has 1 aromatic rings. The van der Waals surface area contributed by atoms with Crippen molar-refractivity contribution in [2.24, 2.45) is 4.99 Å². The molecule has 1 aromatic carbocycles. The molecule has 2 fully saturated rings. The Balaban J connectivity index is 1.56. The van der Waals surface area contributed by atoms with Gasteiger partial charge in [-0.1, -0.05) is 29.8 Å². The Hall–Kier alpha value is -1.67. The minimum absolute atomic E-state index is 0.276. The molecule has 2 heterocycles. The molecule has 7 nitrogen and oxygen atoms in total. The molecule has 0 radical (unpaired) electrons. The van der Waals surface area contributed by atoms with Crippen LogP contribution < -0.4 is 10.6 Å². The lowest BCUT2D eigenvalue weighted by molar-refractivity contribution is 0.0179. The molecule has 0 aromatic heterocycles. The predicted octanol–water partition coefficient (Wildman–Crippen LogP) is 1.65. The van der Waals surface area contributed by atoms with E-state index in [0.29, 0.717) is 0 Å². The number of nitrogens with zero attached hydrogens (tertiary/aromatic N) is 3. The van der Waals surface area contributed by atoms with Gasteiger partial charge >= 0.3 is 0 Å². The average Bonchev–Trinajstić information content (AvgIpc) is 2.79. The fourth-order valence-corrected chi connectivity index (χ4v) is 3.96. The highest BCUT2D eigenvalue weighted by Crippen LogP contribution is 2.22. The van der Waals surface area contributed by atoms with Gasteiger partial charge in [0, 0.05) is 39.3 Å². The Bertz CT molecular complexity index is 625. The maximum Gasteiger partial charge on any atom is 0.191 e. The SMILES string of the molecule is CCNC(=NCC(c1ccc(C)cc1)N1CCOCC1)NCCCN1CCOCC1. The van der Waals surface area contributed by atoms with Crippen LogP contribution in [0.1, 0.15) is 30.5 Å². The van der Waals surface area contributed by atoms with Crippen LogP contribution in [-0.4, -0.2) is 94.5 Å². The molecule has 7 heteroatoms. The van der Waals surface area contributed by atoms with Gasteiger partial charge in [0.25, 0.3) is 0 Å². The fourth-order valence-electron chi connectivity index (χ4n) is 3.96. The third-order valence-corrected chi connectivity index (χ3v) is 5.76.